The van der Waals surface area contributed by atoms with Crippen molar-refractivity contribution >= 4 is 38.9 Å². The van der Waals surface area contributed by atoms with Gasteiger partial charge in [-0.2, -0.15) is 0 Å². The maximum atomic E-state index is 2.52. The van der Waals surface area contributed by atoms with E-state index < -0.39 is 5.41 Å². The minimum atomic E-state index is -0.490. The van der Waals surface area contributed by atoms with Crippen molar-refractivity contribution in [3.05, 3.63) is 240 Å². The van der Waals surface area contributed by atoms with Crippen LogP contribution in [-0.2, 0) is 10.8 Å². The smallest absolute Gasteiger partial charge is 0.0754 e. The third-order valence-corrected chi connectivity index (χ3v) is 14.0. The third kappa shape index (κ3) is 4.27. The van der Waals surface area contributed by atoms with Crippen molar-refractivity contribution in [2.45, 2.75) is 24.7 Å². The highest BCUT2D eigenvalue weighted by Gasteiger charge is 2.51. The average Bonchev–Trinajstić information content (AvgIpc) is 3.88. The van der Waals surface area contributed by atoms with Gasteiger partial charge < -0.3 is 9.47 Å². The monoisotopic (exact) mass is 764 g/mol. The molecule has 9 aromatic carbocycles. The Labute approximate surface area is 350 Å². The first-order valence-electron chi connectivity index (χ1n) is 21.1. The molecule has 0 amide bonds. The van der Waals surface area contributed by atoms with Crippen molar-refractivity contribution in [3.8, 4) is 39.1 Å². The van der Waals surface area contributed by atoms with Crippen LogP contribution in [0.25, 0.3) is 60.9 Å². The minimum absolute atomic E-state index is 0.119. The lowest BCUT2D eigenvalue weighted by molar-refractivity contribution is 0.660. The summed E-state index contributed by atoms with van der Waals surface area (Å²) in [5.41, 5.74) is 22.3. The molecule has 0 N–H and O–H groups in total. The normalized spacial score (nSPS) is 16.0. The molecule has 0 saturated carbocycles. The summed E-state index contributed by atoms with van der Waals surface area (Å²) in [6, 6.07) is 77.2. The topological polar surface area (TPSA) is 8.17 Å². The zero-order valence-electron chi connectivity index (χ0n) is 33.5. The number of rotatable bonds is 4. The predicted octanol–water partition coefficient (Wildman–Crippen LogP) is 14.9. The van der Waals surface area contributed by atoms with E-state index in [4.69, 9.17) is 0 Å². The predicted molar refractivity (Wildman–Crippen MR) is 249 cm³/mol. The Balaban J connectivity index is 1.06. The second kappa shape index (κ2) is 12.1. The second-order valence-corrected chi connectivity index (χ2v) is 17.2. The van der Waals surface area contributed by atoms with E-state index in [9.17, 15) is 0 Å². The standard InChI is InChI=1S/C58H40N2/c1-57(2)48-21-9-6-17-42(48)44-33-31-41(36-53(44)57)59(39-29-27-38(28-30-39)37-15-4-3-5-16-37)40-32-34-50-47(35-40)43-18-7-10-22-49(43)58(50)51-23-11-13-26-55(51)60-54-25-12-8-19-45(54)46-20-14-24-52(58)56(46)60/h3-36H,1-2H3. The number of anilines is 3. The maximum absolute atomic E-state index is 2.52. The Morgan fingerprint density at radius 1 is 0.367 bits per heavy atom. The maximum Gasteiger partial charge on any atom is 0.0754 e. The molecule has 60 heavy (non-hydrogen) atoms. The van der Waals surface area contributed by atoms with Crippen LogP contribution >= 0.6 is 0 Å². The molecular formula is C58H40N2. The molecule has 13 rings (SSSR count). The van der Waals surface area contributed by atoms with E-state index in [-0.39, 0.29) is 5.41 Å². The van der Waals surface area contributed by atoms with Gasteiger partial charge in [-0.1, -0.05) is 172 Å². The lowest BCUT2D eigenvalue weighted by atomic mass is 9.65. The highest BCUT2D eigenvalue weighted by Crippen LogP contribution is 2.62. The molecule has 1 aliphatic heterocycles. The Morgan fingerprint density at radius 2 is 0.933 bits per heavy atom. The van der Waals surface area contributed by atoms with Gasteiger partial charge in [0.25, 0.3) is 0 Å². The molecule has 3 aliphatic rings. The lowest BCUT2D eigenvalue weighted by Gasteiger charge is -2.39. The molecule has 2 nitrogen and oxygen atoms in total. The first-order valence-corrected chi connectivity index (χ1v) is 21.1. The number of para-hydroxylation sites is 3. The molecule has 1 spiro atoms. The summed E-state index contributed by atoms with van der Waals surface area (Å²) >= 11 is 0. The minimum Gasteiger partial charge on any atom is -0.310 e. The quantitative estimate of drug-likeness (QED) is 0.173. The highest BCUT2D eigenvalue weighted by atomic mass is 15.1. The molecule has 1 unspecified atom stereocenters. The largest absolute Gasteiger partial charge is 0.310 e. The van der Waals surface area contributed by atoms with E-state index in [1.165, 1.54) is 94.3 Å². The van der Waals surface area contributed by atoms with Gasteiger partial charge >= 0.3 is 0 Å². The van der Waals surface area contributed by atoms with Crippen LogP contribution in [0.2, 0.25) is 0 Å². The highest BCUT2D eigenvalue weighted by molar-refractivity contribution is 6.13. The first kappa shape index (κ1) is 33.5. The van der Waals surface area contributed by atoms with Crippen LogP contribution in [0.4, 0.5) is 17.1 Å². The van der Waals surface area contributed by atoms with Crippen molar-refractivity contribution in [1.29, 1.82) is 0 Å². The number of hydrogen-bond acceptors (Lipinski definition) is 1. The number of benzene rings is 9. The summed E-state index contributed by atoms with van der Waals surface area (Å²) < 4.78 is 2.52. The molecule has 282 valence electrons. The van der Waals surface area contributed by atoms with E-state index in [2.05, 4.69) is 230 Å². The summed E-state index contributed by atoms with van der Waals surface area (Å²) in [5, 5.41) is 2.59. The van der Waals surface area contributed by atoms with E-state index in [0.717, 1.165) is 17.1 Å². The summed E-state index contributed by atoms with van der Waals surface area (Å²) in [5.74, 6) is 0. The fraction of sp³-hybridized carbons (Fsp3) is 0.0690. The Bertz CT molecular complexity index is 3400. The van der Waals surface area contributed by atoms with Crippen molar-refractivity contribution in [2.75, 3.05) is 4.90 Å². The van der Waals surface area contributed by atoms with Crippen LogP contribution in [0.15, 0.2) is 206 Å². The molecule has 10 aromatic rings. The average molecular weight is 765 g/mol. The van der Waals surface area contributed by atoms with Crippen LogP contribution < -0.4 is 4.90 Å². The molecule has 0 radical (unpaired) electrons. The fourth-order valence-electron chi connectivity index (χ4n) is 11.4. The van der Waals surface area contributed by atoms with E-state index in [1.807, 2.05) is 0 Å². The molecule has 2 heteroatoms. The van der Waals surface area contributed by atoms with Crippen LogP contribution in [0.1, 0.15) is 47.2 Å². The van der Waals surface area contributed by atoms with E-state index in [0.29, 0.717) is 0 Å². The van der Waals surface area contributed by atoms with Crippen LogP contribution in [0.3, 0.4) is 0 Å². The van der Waals surface area contributed by atoms with Crippen molar-refractivity contribution in [1.82, 2.24) is 4.57 Å². The first-order chi connectivity index (χ1) is 29.5. The Morgan fingerprint density at radius 3 is 1.77 bits per heavy atom. The van der Waals surface area contributed by atoms with Gasteiger partial charge in [-0.25, -0.2) is 0 Å². The second-order valence-electron chi connectivity index (χ2n) is 17.2. The van der Waals surface area contributed by atoms with Gasteiger partial charge in [0, 0.05) is 33.2 Å². The Kier molecular flexibility index (Phi) is 6.74. The van der Waals surface area contributed by atoms with Gasteiger partial charge in [0.2, 0.25) is 0 Å². The summed E-state index contributed by atoms with van der Waals surface area (Å²) in [4.78, 5) is 2.47. The van der Waals surface area contributed by atoms with Crippen LogP contribution in [-0.4, -0.2) is 4.57 Å². The third-order valence-electron chi connectivity index (χ3n) is 14.0. The van der Waals surface area contributed by atoms with Crippen LogP contribution in [0.5, 0.6) is 0 Å². The fourth-order valence-corrected chi connectivity index (χ4v) is 11.4. The summed E-state index contributed by atoms with van der Waals surface area (Å²) in [6.07, 6.45) is 0. The number of fused-ring (bicyclic) bond motifs is 15. The molecular weight excluding hydrogens is 725 g/mol. The SMILES string of the molecule is CC1(C)c2ccccc2-c2ccc(N(c3ccc(-c4ccccc4)cc3)c3ccc4c(c3)-c3ccccc3C43c4ccccc4-n4c5ccccc5c5cccc3c54)cc21. The van der Waals surface area contributed by atoms with Crippen molar-refractivity contribution in [3.63, 3.8) is 0 Å². The molecule has 0 fully saturated rings. The zero-order chi connectivity index (χ0) is 39.7. The number of nitrogens with zero attached hydrogens (tertiary/aromatic N) is 2. The molecule has 1 aromatic heterocycles. The summed E-state index contributed by atoms with van der Waals surface area (Å²) in [6.45, 7) is 4.74. The van der Waals surface area contributed by atoms with E-state index in [1.54, 1.807) is 0 Å². The number of hydrogen-bond donors (Lipinski definition) is 0. The summed E-state index contributed by atoms with van der Waals surface area (Å²) in [7, 11) is 0. The van der Waals surface area contributed by atoms with Crippen molar-refractivity contribution < 1.29 is 0 Å². The molecule has 1 atom stereocenters. The molecule has 0 bridgehead atoms. The van der Waals surface area contributed by atoms with Gasteiger partial charge in [-0.15, -0.1) is 0 Å². The van der Waals surface area contributed by atoms with Gasteiger partial charge in [0.15, 0.2) is 0 Å². The van der Waals surface area contributed by atoms with Gasteiger partial charge in [0.05, 0.1) is 22.1 Å². The zero-order valence-corrected chi connectivity index (χ0v) is 33.5. The van der Waals surface area contributed by atoms with Gasteiger partial charge in [0.1, 0.15) is 0 Å². The van der Waals surface area contributed by atoms with Crippen molar-refractivity contribution in [2.24, 2.45) is 0 Å². The lowest BCUT2D eigenvalue weighted by Crippen LogP contribution is -2.33. The van der Waals surface area contributed by atoms with Gasteiger partial charge in [-0.3, -0.25) is 0 Å². The van der Waals surface area contributed by atoms with Gasteiger partial charge in [-0.05, 0) is 115 Å². The van der Waals surface area contributed by atoms with Crippen LogP contribution in [0, 0.1) is 0 Å². The molecule has 2 aliphatic carbocycles. The molecule has 0 saturated heterocycles. The van der Waals surface area contributed by atoms with E-state index >= 15 is 0 Å². The molecule has 2 heterocycles. The Hall–Kier alpha value is -7.42. The number of aromatic nitrogens is 1.